The molecule has 28 heavy (non-hydrogen) atoms. The predicted octanol–water partition coefficient (Wildman–Crippen LogP) is 3.76. The maximum atomic E-state index is 13.0. The van der Waals surface area contributed by atoms with Gasteiger partial charge in [0.2, 0.25) is 5.89 Å². The van der Waals surface area contributed by atoms with Crippen molar-refractivity contribution in [1.82, 2.24) is 15.2 Å². The number of sulfonamides is 1. The molecule has 0 bridgehead atoms. The van der Waals surface area contributed by atoms with Crippen LogP contribution in [0.4, 0.5) is 5.69 Å². The molecule has 0 atom stereocenters. The van der Waals surface area contributed by atoms with Crippen LogP contribution in [0.2, 0.25) is 0 Å². The van der Waals surface area contributed by atoms with Gasteiger partial charge in [-0.1, -0.05) is 12.5 Å². The highest BCUT2D eigenvalue weighted by atomic mass is 32.2. The highest BCUT2D eigenvalue weighted by Crippen LogP contribution is 2.37. The second-order valence-corrected chi connectivity index (χ2v) is 8.61. The second kappa shape index (κ2) is 6.97. The van der Waals surface area contributed by atoms with Crippen LogP contribution in [0.25, 0.3) is 11.6 Å². The molecule has 0 spiro atoms. The SMILES string of the molecule is COc1cccc(NS(=O)(=O)c2c(C)[nH]c(-c3nnc(C4CCC4)o3)c2C)c1. The number of aromatic nitrogens is 3. The van der Waals surface area contributed by atoms with Crippen LogP contribution in [-0.4, -0.2) is 30.7 Å². The molecule has 4 rings (SSSR count). The molecule has 2 N–H and O–H groups in total. The number of rotatable bonds is 6. The van der Waals surface area contributed by atoms with Gasteiger partial charge in [-0.15, -0.1) is 10.2 Å². The molecule has 0 unspecified atom stereocenters. The van der Waals surface area contributed by atoms with E-state index in [0.717, 1.165) is 12.8 Å². The summed E-state index contributed by atoms with van der Waals surface area (Å²) in [6.45, 7) is 3.44. The maximum Gasteiger partial charge on any atom is 0.264 e. The van der Waals surface area contributed by atoms with Crippen LogP contribution in [-0.2, 0) is 10.0 Å². The molecule has 0 saturated heterocycles. The van der Waals surface area contributed by atoms with Crippen molar-refractivity contribution in [1.29, 1.82) is 0 Å². The monoisotopic (exact) mass is 402 g/mol. The van der Waals surface area contributed by atoms with Crippen molar-refractivity contribution >= 4 is 15.7 Å². The van der Waals surface area contributed by atoms with Crippen LogP contribution >= 0.6 is 0 Å². The first-order valence-electron chi connectivity index (χ1n) is 9.09. The number of H-pyrrole nitrogens is 1. The summed E-state index contributed by atoms with van der Waals surface area (Å²) in [6.07, 6.45) is 3.27. The van der Waals surface area contributed by atoms with Gasteiger partial charge in [-0.05, 0) is 38.8 Å². The maximum absolute atomic E-state index is 13.0. The summed E-state index contributed by atoms with van der Waals surface area (Å²) in [5.41, 5.74) is 2.00. The summed E-state index contributed by atoms with van der Waals surface area (Å²) in [6, 6.07) is 6.76. The molecule has 0 aliphatic heterocycles. The van der Waals surface area contributed by atoms with Gasteiger partial charge in [-0.3, -0.25) is 4.72 Å². The Hall–Kier alpha value is -2.81. The van der Waals surface area contributed by atoms with Gasteiger partial charge in [0.15, 0.2) is 0 Å². The molecular weight excluding hydrogens is 380 g/mol. The van der Waals surface area contributed by atoms with E-state index in [9.17, 15) is 8.42 Å². The molecule has 1 aromatic carbocycles. The van der Waals surface area contributed by atoms with Gasteiger partial charge >= 0.3 is 0 Å². The first-order valence-corrected chi connectivity index (χ1v) is 10.6. The van der Waals surface area contributed by atoms with Gasteiger partial charge in [0, 0.05) is 23.2 Å². The highest BCUT2D eigenvalue weighted by Gasteiger charge is 2.29. The first-order chi connectivity index (χ1) is 13.4. The van der Waals surface area contributed by atoms with Crippen LogP contribution in [0.1, 0.15) is 42.3 Å². The van der Waals surface area contributed by atoms with Crippen LogP contribution < -0.4 is 9.46 Å². The lowest BCUT2D eigenvalue weighted by atomic mass is 9.85. The Bertz CT molecular complexity index is 1110. The quantitative estimate of drug-likeness (QED) is 0.650. The fourth-order valence-electron chi connectivity index (χ4n) is 3.40. The largest absolute Gasteiger partial charge is 0.497 e. The van der Waals surface area contributed by atoms with Gasteiger partial charge in [-0.2, -0.15) is 0 Å². The number of methoxy groups -OCH3 is 1. The van der Waals surface area contributed by atoms with Crippen LogP contribution in [0.3, 0.4) is 0 Å². The topological polar surface area (TPSA) is 110 Å². The number of aryl methyl sites for hydroxylation is 1. The van der Waals surface area contributed by atoms with Crippen LogP contribution in [0.5, 0.6) is 5.75 Å². The minimum Gasteiger partial charge on any atom is -0.497 e. The lowest BCUT2D eigenvalue weighted by Crippen LogP contribution is -2.14. The number of nitrogens with one attached hydrogen (secondary N) is 2. The minimum atomic E-state index is -3.82. The summed E-state index contributed by atoms with van der Waals surface area (Å²) in [7, 11) is -2.29. The third-order valence-corrected chi connectivity index (χ3v) is 6.72. The third kappa shape index (κ3) is 3.26. The van der Waals surface area contributed by atoms with E-state index in [2.05, 4.69) is 19.9 Å². The zero-order valence-electron chi connectivity index (χ0n) is 15.9. The molecule has 0 amide bonds. The zero-order valence-corrected chi connectivity index (χ0v) is 16.8. The van der Waals surface area contributed by atoms with E-state index in [1.807, 2.05) is 0 Å². The van der Waals surface area contributed by atoms with E-state index in [1.54, 1.807) is 38.1 Å². The molecule has 3 aromatic rings. The highest BCUT2D eigenvalue weighted by molar-refractivity contribution is 7.92. The number of nitrogens with zero attached hydrogens (tertiary/aromatic N) is 2. The lowest BCUT2D eigenvalue weighted by molar-refractivity contribution is 0.338. The third-order valence-electron chi connectivity index (χ3n) is 5.07. The number of benzene rings is 1. The van der Waals surface area contributed by atoms with Crippen LogP contribution in [0, 0.1) is 13.8 Å². The van der Waals surface area contributed by atoms with Crippen molar-refractivity contribution in [3.05, 3.63) is 41.4 Å². The summed E-state index contributed by atoms with van der Waals surface area (Å²) in [5, 5.41) is 8.24. The number of hydrogen-bond donors (Lipinski definition) is 2. The molecular formula is C19H22N4O4S. The molecule has 2 heterocycles. The summed E-state index contributed by atoms with van der Waals surface area (Å²) >= 11 is 0. The average molecular weight is 402 g/mol. The predicted molar refractivity (Wildman–Crippen MR) is 104 cm³/mol. The van der Waals surface area contributed by atoms with E-state index in [4.69, 9.17) is 9.15 Å². The van der Waals surface area contributed by atoms with Crippen molar-refractivity contribution in [3.63, 3.8) is 0 Å². The fraction of sp³-hybridized carbons (Fsp3) is 0.368. The number of aromatic amines is 1. The Morgan fingerprint density at radius 1 is 1.25 bits per heavy atom. The van der Waals surface area contributed by atoms with Crippen molar-refractivity contribution in [2.75, 3.05) is 11.8 Å². The molecule has 2 aromatic heterocycles. The molecule has 1 aliphatic carbocycles. The Morgan fingerprint density at radius 2 is 2.04 bits per heavy atom. The zero-order chi connectivity index (χ0) is 19.9. The van der Waals surface area contributed by atoms with Gasteiger partial charge in [0.1, 0.15) is 16.3 Å². The van der Waals surface area contributed by atoms with Gasteiger partial charge in [0.05, 0.1) is 12.8 Å². The second-order valence-electron chi connectivity index (χ2n) is 6.99. The molecule has 9 heteroatoms. The van der Waals surface area contributed by atoms with Gasteiger partial charge in [0.25, 0.3) is 15.9 Å². The van der Waals surface area contributed by atoms with Crippen molar-refractivity contribution in [2.24, 2.45) is 0 Å². The van der Waals surface area contributed by atoms with Crippen molar-refractivity contribution in [2.45, 2.75) is 43.9 Å². The molecule has 148 valence electrons. The molecule has 1 fully saturated rings. The molecule has 1 saturated carbocycles. The van der Waals surface area contributed by atoms with E-state index < -0.39 is 10.0 Å². The van der Waals surface area contributed by atoms with Gasteiger partial charge < -0.3 is 14.1 Å². The minimum absolute atomic E-state index is 0.175. The number of ether oxygens (including phenoxy) is 1. The standard InChI is InChI=1S/C19H22N4O4S/c1-11-16(19-22-21-18(27-19)13-6-4-7-13)20-12(2)17(11)28(24,25)23-14-8-5-9-15(10-14)26-3/h5,8-10,13,20,23H,4,6-7H2,1-3H3. The number of anilines is 1. The Kier molecular flexibility index (Phi) is 4.62. The van der Waals surface area contributed by atoms with Crippen LogP contribution in [0.15, 0.2) is 33.6 Å². The molecule has 8 nitrogen and oxygen atoms in total. The van der Waals surface area contributed by atoms with Crippen molar-refractivity contribution < 1.29 is 17.6 Å². The van der Waals surface area contributed by atoms with Crippen molar-refractivity contribution in [3.8, 4) is 17.3 Å². The van der Waals surface area contributed by atoms with E-state index in [-0.39, 0.29) is 4.90 Å². The molecule has 1 aliphatic rings. The normalized spacial score (nSPS) is 14.7. The van der Waals surface area contributed by atoms with E-state index >= 15 is 0 Å². The summed E-state index contributed by atoms with van der Waals surface area (Å²) in [5.74, 6) is 1.81. The summed E-state index contributed by atoms with van der Waals surface area (Å²) < 4.78 is 39.6. The van der Waals surface area contributed by atoms with E-state index in [0.29, 0.717) is 46.1 Å². The Morgan fingerprint density at radius 3 is 2.71 bits per heavy atom. The summed E-state index contributed by atoms with van der Waals surface area (Å²) in [4.78, 5) is 3.27. The first kappa shape index (κ1) is 18.5. The molecule has 0 radical (unpaired) electrons. The average Bonchev–Trinajstić information content (AvgIpc) is 3.17. The Labute approximate surface area is 163 Å². The van der Waals surface area contributed by atoms with Gasteiger partial charge in [-0.25, -0.2) is 8.42 Å². The Balaban J connectivity index is 1.67. The lowest BCUT2D eigenvalue weighted by Gasteiger charge is -2.20. The smallest absolute Gasteiger partial charge is 0.264 e. The fourth-order valence-corrected chi connectivity index (χ4v) is 4.90. The number of hydrogen-bond acceptors (Lipinski definition) is 6. The van der Waals surface area contributed by atoms with E-state index in [1.165, 1.54) is 13.5 Å².